The fourth-order valence-electron chi connectivity index (χ4n) is 2.87. The molecular weight excluding hydrogens is 244 g/mol. The summed E-state index contributed by atoms with van der Waals surface area (Å²) in [6.45, 7) is 13.6. The van der Waals surface area contributed by atoms with E-state index in [2.05, 4.69) is 62.2 Å². The van der Waals surface area contributed by atoms with Crippen LogP contribution in [-0.2, 0) is 0 Å². The molecule has 0 amide bonds. The zero-order valence-corrected chi connectivity index (χ0v) is 13.8. The Kier molecular flexibility index (Phi) is 8.56. The Morgan fingerprint density at radius 1 is 1.00 bits per heavy atom. The Bertz CT molecular complexity index is 356. The van der Waals surface area contributed by atoms with Gasteiger partial charge >= 0.3 is 0 Å². The van der Waals surface area contributed by atoms with Crippen LogP contribution in [0.5, 0.6) is 0 Å². The standard InChI is InChI=1S/C18H32N2/c1-5-13-20(14-6-2)15-12-18(19-7-3)17-11-9-8-10-16(17)4/h8-11,18-19H,5-7,12-15H2,1-4H3. The van der Waals surface area contributed by atoms with Crippen molar-refractivity contribution >= 4 is 0 Å². The van der Waals surface area contributed by atoms with E-state index in [1.807, 2.05) is 0 Å². The van der Waals surface area contributed by atoms with Gasteiger partial charge in [-0.05, 0) is 63.5 Å². The van der Waals surface area contributed by atoms with E-state index >= 15 is 0 Å². The van der Waals surface area contributed by atoms with Crippen LogP contribution in [0.25, 0.3) is 0 Å². The maximum absolute atomic E-state index is 3.65. The monoisotopic (exact) mass is 276 g/mol. The topological polar surface area (TPSA) is 15.3 Å². The molecule has 1 N–H and O–H groups in total. The summed E-state index contributed by atoms with van der Waals surface area (Å²) in [5.41, 5.74) is 2.86. The van der Waals surface area contributed by atoms with Crippen LogP contribution in [-0.4, -0.2) is 31.1 Å². The van der Waals surface area contributed by atoms with Gasteiger partial charge in [0, 0.05) is 6.04 Å². The molecule has 1 aromatic carbocycles. The summed E-state index contributed by atoms with van der Waals surface area (Å²) in [7, 11) is 0. The van der Waals surface area contributed by atoms with Gasteiger partial charge < -0.3 is 10.2 Å². The molecule has 114 valence electrons. The van der Waals surface area contributed by atoms with E-state index in [0.29, 0.717) is 6.04 Å². The highest BCUT2D eigenvalue weighted by molar-refractivity contribution is 5.28. The van der Waals surface area contributed by atoms with Crippen molar-refractivity contribution in [3.05, 3.63) is 35.4 Å². The average Bonchev–Trinajstić information content (AvgIpc) is 2.44. The lowest BCUT2D eigenvalue weighted by Crippen LogP contribution is -2.31. The number of hydrogen-bond acceptors (Lipinski definition) is 2. The Labute approximate surface area is 125 Å². The summed E-state index contributed by atoms with van der Waals surface area (Å²) in [5.74, 6) is 0. The van der Waals surface area contributed by atoms with Crippen molar-refractivity contribution in [1.29, 1.82) is 0 Å². The van der Waals surface area contributed by atoms with Crippen LogP contribution in [0.15, 0.2) is 24.3 Å². The minimum atomic E-state index is 0.484. The lowest BCUT2D eigenvalue weighted by Gasteiger charge is -2.26. The smallest absolute Gasteiger partial charge is 0.0334 e. The summed E-state index contributed by atoms with van der Waals surface area (Å²) in [4.78, 5) is 2.60. The van der Waals surface area contributed by atoms with Crippen molar-refractivity contribution in [3.63, 3.8) is 0 Å². The van der Waals surface area contributed by atoms with E-state index < -0.39 is 0 Å². The zero-order valence-electron chi connectivity index (χ0n) is 13.8. The molecule has 0 fully saturated rings. The van der Waals surface area contributed by atoms with Crippen LogP contribution >= 0.6 is 0 Å². The van der Waals surface area contributed by atoms with E-state index in [1.54, 1.807) is 0 Å². The SMILES string of the molecule is CCCN(CCC)CCC(NCC)c1ccccc1C. The van der Waals surface area contributed by atoms with Gasteiger partial charge in [0.25, 0.3) is 0 Å². The number of nitrogens with one attached hydrogen (secondary N) is 1. The van der Waals surface area contributed by atoms with E-state index in [0.717, 1.165) is 6.54 Å². The van der Waals surface area contributed by atoms with Gasteiger partial charge in [-0.1, -0.05) is 45.0 Å². The molecule has 1 unspecified atom stereocenters. The molecule has 0 bridgehead atoms. The molecule has 2 nitrogen and oxygen atoms in total. The van der Waals surface area contributed by atoms with Crippen molar-refractivity contribution in [3.8, 4) is 0 Å². The van der Waals surface area contributed by atoms with Crippen molar-refractivity contribution in [2.75, 3.05) is 26.2 Å². The summed E-state index contributed by atoms with van der Waals surface area (Å²) >= 11 is 0. The van der Waals surface area contributed by atoms with E-state index in [-0.39, 0.29) is 0 Å². The van der Waals surface area contributed by atoms with Crippen LogP contribution < -0.4 is 5.32 Å². The first kappa shape index (κ1) is 17.2. The number of benzene rings is 1. The molecule has 0 heterocycles. The largest absolute Gasteiger partial charge is 0.310 e. The molecule has 0 saturated carbocycles. The van der Waals surface area contributed by atoms with E-state index in [9.17, 15) is 0 Å². The first-order chi connectivity index (χ1) is 9.72. The molecule has 1 rings (SSSR count). The van der Waals surface area contributed by atoms with E-state index in [4.69, 9.17) is 0 Å². The van der Waals surface area contributed by atoms with Crippen molar-refractivity contribution in [2.24, 2.45) is 0 Å². The molecule has 0 aromatic heterocycles. The molecule has 0 spiro atoms. The zero-order chi connectivity index (χ0) is 14.8. The normalized spacial score (nSPS) is 12.8. The first-order valence-electron chi connectivity index (χ1n) is 8.24. The van der Waals surface area contributed by atoms with Crippen molar-refractivity contribution in [2.45, 2.75) is 53.0 Å². The van der Waals surface area contributed by atoms with Crippen molar-refractivity contribution in [1.82, 2.24) is 10.2 Å². The fourth-order valence-corrected chi connectivity index (χ4v) is 2.87. The summed E-state index contributed by atoms with van der Waals surface area (Å²) in [6.07, 6.45) is 3.69. The summed E-state index contributed by atoms with van der Waals surface area (Å²) in [5, 5.41) is 3.65. The second kappa shape index (κ2) is 9.95. The minimum Gasteiger partial charge on any atom is -0.310 e. The van der Waals surface area contributed by atoms with Gasteiger partial charge in [-0.15, -0.1) is 0 Å². The van der Waals surface area contributed by atoms with E-state index in [1.165, 1.54) is 50.0 Å². The van der Waals surface area contributed by atoms with Gasteiger partial charge in [-0.2, -0.15) is 0 Å². The lowest BCUT2D eigenvalue weighted by atomic mass is 9.98. The highest BCUT2D eigenvalue weighted by Gasteiger charge is 2.13. The molecule has 20 heavy (non-hydrogen) atoms. The molecule has 0 radical (unpaired) electrons. The van der Waals surface area contributed by atoms with Crippen molar-refractivity contribution < 1.29 is 0 Å². The molecule has 1 aromatic rings. The molecule has 1 atom stereocenters. The first-order valence-corrected chi connectivity index (χ1v) is 8.24. The maximum Gasteiger partial charge on any atom is 0.0334 e. The Morgan fingerprint density at radius 3 is 2.20 bits per heavy atom. The molecule has 0 aliphatic heterocycles. The van der Waals surface area contributed by atoms with Crippen LogP contribution in [0.1, 0.15) is 57.2 Å². The van der Waals surface area contributed by atoms with Gasteiger partial charge in [0.15, 0.2) is 0 Å². The third kappa shape index (κ3) is 5.64. The summed E-state index contributed by atoms with van der Waals surface area (Å²) < 4.78 is 0. The number of nitrogens with zero attached hydrogens (tertiary/aromatic N) is 1. The van der Waals surface area contributed by atoms with Gasteiger partial charge in [0.2, 0.25) is 0 Å². The van der Waals surface area contributed by atoms with Gasteiger partial charge in [0.05, 0.1) is 0 Å². The quantitative estimate of drug-likeness (QED) is 0.690. The lowest BCUT2D eigenvalue weighted by molar-refractivity contribution is 0.257. The number of rotatable bonds is 10. The van der Waals surface area contributed by atoms with Crippen LogP contribution in [0, 0.1) is 6.92 Å². The number of hydrogen-bond donors (Lipinski definition) is 1. The van der Waals surface area contributed by atoms with Crippen LogP contribution in [0.4, 0.5) is 0 Å². The number of aryl methyl sites for hydroxylation is 1. The van der Waals surface area contributed by atoms with Crippen LogP contribution in [0.3, 0.4) is 0 Å². The summed E-state index contributed by atoms with van der Waals surface area (Å²) in [6, 6.07) is 9.25. The Hall–Kier alpha value is -0.860. The minimum absolute atomic E-state index is 0.484. The Morgan fingerprint density at radius 2 is 1.65 bits per heavy atom. The third-order valence-corrected chi connectivity index (χ3v) is 3.83. The highest BCUT2D eigenvalue weighted by Crippen LogP contribution is 2.21. The Balaban J connectivity index is 2.65. The second-order valence-corrected chi connectivity index (χ2v) is 5.60. The fraction of sp³-hybridized carbons (Fsp3) is 0.667. The predicted molar refractivity (Wildman–Crippen MR) is 89.2 cm³/mol. The third-order valence-electron chi connectivity index (χ3n) is 3.83. The van der Waals surface area contributed by atoms with Gasteiger partial charge in [0.1, 0.15) is 0 Å². The predicted octanol–water partition coefficient (Wildman–Crippen LogP) is 4.16. The highest BCUT2D eigenvalue weighted by atomic mass is 15.1. The van der Waals surface area contributed by atoms with Gasteiger partial charge in [-0.3, -0.25) is 0 Å². The molecule has 0 aliphatic rings. The second-order valence-electron chi connectivity index (χ2n) is 5.60. The average molecular weight is 276 g/mol. The molecular formula is C18H32N2. The molecule has 0 aliphatic carbocycles. The maximum atomic E-state index is 3.65. The molecule has 2 heteroatoms. The van der Waals surface area contributed by atoms with Gasteiger partial charge in [-0.25, -0.2) is 0 Å². The molecule has 0 saturated heterocycles. The van der Waals surface area contributed by atoms with Crippen LogP contribution in [0.2, 0.25) is 0 Å².